The van der Waals surface area contributed by atoms with Crippen LogP contribution < -0.4 is 14.8 Å². The van der Waals surface area contributed by atoms with Gasteiger partial charge in [-0.3, -0.25) is 0 Å². The first kappa shape index (κ1) is 12.2. The Bertz CT molecular complexity index is 405. The maximum absolute atomic E-state index is 5.59. The van der Waals surface area contributed by atoms with Crippen molar-refractivity contribution in [2.24, 2.45) is 0 Å². The molecule has 1 saturated heterocycles. The van der Waals surface area contributed by atoms with Gasteiger partial charge in [-0.25, -0.2) is 0 Å². The summed E-state index contributed by atoms with van der Waals surface area (Å²) in [5.74, 6) is 3.09. The van der Waals surface area contributed by atoms with Gasteiger partial charge in [0.15, 0.2) is 11.5 Å². The number of thioether (sulfide) groups is 1. The van der Waals surface area contributed by atoms with Crippen LogP contribution in [0.5, 0.6) is 11.5 Å². The molecule has 3 rings (SSSR count). The minimum Gasteiger partial charge on any atom is -0.486 e. The lowest BCUT2D eigenvalue weighted by Crippen LogP contribution is -2.23. The number of nitrogens with one attached hydrogen (secondary N) is 1. The molecular weight excluding hydrogens is 246 g/mol. The molecule has 1 N–H and O–H groups in total. The topological polar surface area (TPSA) is 30.5 Å². The number of benzene rings is 1. The lowest BCUT2D eigenvalue weighted by molar-refractivity contribution is 0.171. The maximum Gasteiger partial charge on any atom is 0.161 e. The smallest absolute Gasteiger partial charge is 0.161 e. The largest absolute Gasteiger partial charge is 0.486 e. The molecule has 3 nitrogen and oxygen atoms in total. The Morgan fingerprint density at radius 1 is 1.22 bits per heavy atom. The average molecular weight is 265 g/mol. The van der Waals surface area contributed by atoms with Crippen molar-refractivity contribution in [3.63, 3.8) is 0 Å². The minimum absolute atomic E-state index is 0.655. The van der Waals surface area contributed by atoms with Crippen molar-refractivity contribution in [2.75, 3.05) is 25.5 Å². The molecule has 0 saturated carbocycles. The summed E-state index contributed by atoms with van der Waals surface area (Å²) in [4.78, 5) is 0. The fourth-order valence-electron chi connectivity index (χ4n) is 2.38. The van der Waals surface area contributed by atoms with E-state index in [0.717, 1.165) is 29.8 Å². The number of hydrogen-bond donors (Lipinski definition) is 1. The third-order valence-electron chi connectivity index (χ3n) is 3.33. The van der Waals surface area contributed by atoms with E-state index in [2.05, 4.69) is 29.2 Å². The van der Waals surface area contributed by atoms with Crippen LogP contribution in [0.15, 0.2) is 18.2 Å². The van der Waals surface area contributed by atoms with Crippen molar-refractivity contribution >= 4 is 11.8 Å². The van der Waals surface area contributed by atoms with Crippen LogP contribution in [0, 0.1) is 0 Å². The quantitative estimate of drug-likeness (QED) is 0.906. The van der Waals surface area contributed by atoms with Gasteiger partial charge in [0.05, 0.1) is 0 Å². The highest BCUT2D eigenvalue weighted by Crippen LogP contribution is 2.30. The molecule has 98 valence electrons. The molecule has 18 heavy (non-hydrogen) atoms. The Hall–Kier alpha value is -0.870. The van der Waals surface area contributed by atoms with Crippen LogP contribution in [0.1, 0.15) is 18.4 Å². The zero-order chi connectivity index (χ0) is 12.2. The van der Waals surface area contributed by atoms with Gasteiger partial charge in [0.2, 0.25) is 0 Å². The normalized spacial score (nSPS) is 22.1. The van der Waals surface area contributed by atoms with Crippen LogP contribution in [0.25, 0.3) is 0 Å². The molecule has 1 unspecified atom stereocenters. The second kappa shape index (κ2) is 5.85. The first-order valence-electron chi connectivity index (χ1n) is 6.63. The molecule has 2 heterocycles. The molecule has 1 aromatic carbocycles. The van der Waals surface area contributed by atoms with Gasteiger partial charge in [0, 0.05) is 18.3 Å². The summed E-state index contributed by atoms with van der Waals surface area (Å²) in [5, 5.41) is 4.34. The highest BCUT2D eigenvalue weighted by molar-refractivity contribution is 8.00. The number of hydrogen-bond acceptors (Lipinski definition) is 4. The Morgan fingerprint density at radius 2 is 2.11 bits per heavy atom. The summed E-state index contributed by atoms with van der Waals surface area (Å²) in [6.07, 6.45) is 2.74. The molecule has 0 radical (unpaired) electrons. The van der Waals surface area contributed by atoms with E-state index in [1.165, 1.54) is 24.2 Å². The fourth-order valence-corrected chi connectivity index (χ4v) is 3.62. The highest BCUT2D eigenvalue weighted by Gasteiger charge is 2.15. The van der Waals surface area contributed by atoms with Crippen molar-refractivity contribution < 1.29 is 9.47 Å². The predicted octanol–water partition coefficient (Wildman–Crippen LogP) is 2.44. The SMILES string of the molecule is c1cc2c(cc1CNCC1CCCS1)OCCO2. The van der Waals surface area contributed by atoms with Gasteiger partial charge in [0.25, 0.3) is 0 Å². The van der Waals surface area contributed by atoms with Crippen LogP contribution in [0.3, 0.4) is 0 Å². The maximum atomic E-state index is 5.59. The van der Waals surface area contributed by atoms with Gasteiger partial charge < -0.3 is 14.8 Å². The third kappa shape index (κ3) is 2.93. The number of rotatable bonds is 4. The highest BCUT2D eigenvalue weighted by atomic mass is 32.2. The summed E-state index contributed by atoms with van der Waals surface area (Å²) in [7, 11) is 0. The van der Waals surface area contributed by atoms with E-state index in [-0.39, 0.29) is 0 Å². The van der Waals surface area contributed by atoms with E-state index in [4.69, 9.17) is 9.47 Å². The second-order valence-electron chi connectivity index (χ2n) is 4.74. The van der Waals surface area contributed by atoms with Gasteiger partial charge >= 0.3 is 0 Å². The summed E-state index contributed by atoms with van der Waals surface area (Å²) in [6, 6.07) is 6.21. The monoisotopic (exact) mass is 265 g/mol. The number of ether oxygens (including phenoxy) is 2. The van der Waals surface area contributed by atoms with Crippen molar-refractivity contribution in [1.29, 1.82) is 0 Å². The average Bonchev–Trinajstić information content (AvgIpc) is 2.92. The van der Waals surface area contributed by atoms with Crippen molar-refractivity contribution in [1.82, 2.24) is 5.32 Å². The minimum atomic E-state index is 0.655. The molecule has 0 amide bonds. The van der Waals surface area contributed by atoms with Crippen LogP contribution in [0.4, 0.5) is 0 Å². The second-order valence-corrected chi connectivity index (χ2v) is 6.15. The lowest BCUT2D eigenvalue weighted by Gasteiger charge is -2.19. The van der Waals surface area contributed by atoms with E-state index in [9.17, 15) is 0 Å². The first-order chi connectivity index (χ1) is 8.92. The molecule has 1 aromatic rings. The van der Waals surface area contributed by atoms with Gasteiger partial charge in [0.1, 0.15) is 13.2 Å². The van der Waals surface area contributed by atoms with E-state index in [0.29, 0.717) is 13.2 Å². The van der Waals surface area contributed by atoms with E-state index < -0.39 is 0 Å². The third-order valence-corrected chi connectivity index (χ3v) is 4.73. The van der Waals surface area contributed by atoms with Crippen LogP contribution in [-0.4, -0.2) is 30.8 Å². The molecule has 2 aliphatic heterocycles. The van der Waals surface area contributed by atoms with Crippen LogP contribution >= 0.6 is 11.8 Å². The molecule has 1 fully saturated rings. The zero-order valence-electron chi connectivity index (χ0n) is 10.5. The van der Waals surface area contributed by atoms with Crippen molar-refractivity contribution in [3.05, 3.63) is 23.8 Å². The first-order valence-corrected chi connectivity index (χ1v) is 7.67. The van der Waals surface area contributed by atoms with Crippen molar-refractivity contribution in [2.45, 2.75) is 24.6 Å². The van der Waals surface area contributed by atoms with E-state index in [1.54, 1.807) is 0 Å². The molecule has 1 atom stereocenters. The standard InChI is InChI=1S/C14H19NO2S/c1-2-12(18-7-1)10-15-9-11-3-4-13-14(8-11)17-6-5-16-13/h3-4,8,12,15H,1-2,5-7,9-10H2. The molecule has 0 spiro atoms. The van der Waals surface area contributed by atoms with Gasteiger partial charge in [-0.2, -0.15) is 11.8 Å². The van der Waals surface area contributed by atoms with Crippen LogP contribution in [0.2, 0.25) is 0 Å². The molecular formula is C14H19NO2S. The Labute approximate surface area is 112 Å². The molecule has 4 heteroatoms. The van der Waals surface area contributed by atoms with Crippen molar-refractivity contribution in [3.8, 4) is 11.5 Å². The van der Waals surface area contributed by atoms with Gasteiger partial charge in [-0.05, 0) is 36.3 Å². The summed E-state index contributed by atoms with van der Waals surface area (Å²) < 4.78 is 11.1. The van der Waals surface area contributed by atoms with Crippen LogP contribution in [-0.2, 0) is 6.54 Å². The van der Waals surface area contributed by atoms with E-state index >= 15 is 0 Å². The Morgan fingerprint density at radius 3 is 2.94 bits per heavy atom. The molecule has 2 aliphatic rings. The zero-order valence-corrected chi connectivity index (χ0v) is 11.3. The summed E-state index contributed by atoms with van der Waals surface area (Å²) in [6.45, 7) is 3.33. The predicted molar refractivity (Wildman–Crippen MR) is 74.6 cm³/mol. The Balaban J connectivity index is 1.52. The molecule has 0 bridgehead atoms. The Kier molecular flexibility index (Phi) is 3.96. The molecule has 0 aliphatic carbocycles. The number of fused-ring (bicyclic) bond motifs is 1. The summed E-state index contributed by atoms with van der Waals surface area (Å²) >= 11 is 2.09. The lowest BCUT2D eigenvalue weighted by atomic mass is 10.2. The van der Waals surface area contributed by atoms with Gasteiger partial charge in [-0.15, -0.1) is 0 Å². The summed E-state index contributed by atoms with van der Waals surface area (Å²) in [5.41, 5.74) is 1.27. The molecule has 0 aromatic heterocycles. The van der Waals surface area contributed by atoms with E-state index in [1.807, 2.05) is 6.07 Å². The van der Waals surface area contributed by atoms with Gasteiger partial charge in [-0.1, -0.05) is 6.07 Å². The fraction of sp³-hybridized carbons (Fsp3) is 0.571.